The van der Waals surface area contributed by atoms with Gasteiger partial charge < -0.3 is 14.6 Å². The SMILES string of the molecule is COCCn1c(SC(C(=O)Nc2ccccc2C(F)(F)F)C(C)C)nc2ccccc21. The molecule has 1 atom stereocenters. The molecule has 1 heterocycles. The first-order chi connectivity index (χ1) is 14.7. The van der Waals surface area contributed by atoms with Gasteiger partial charge in [0, 0.05) is 13.7 Å². The number of nitrogens with zero attached hydrogens (tertiary/aromatic N) is 2. The largest absolute Gasteiger partial charge is 0.418 e. The number of para-hydroxylation sites is 3. The third-order valence-corrected chi connectivity index (χ3v) is 6.26. The number of amides is 1. The Bertz CT molecular complexity index is 1050. The van der Waals surface area contributed by atoms with Crippen LogP contribution in [0.3, 0.4) is 0 Å². The Hall–Kier alpha value is -2.52. The number of rotatable bonds is 8. The summed E-state index contributed by atoms with van der Waals surface area (Å²) in [7, 11) is 1.61. The topological polar surface area (TPSA) is 56.1 Å². The van der Waals surface area contributed by atoms with Crippen molar-refractivity contribution in [1.29, 1.82) is 0 Å². The molecule has 5 nitrogen and oxygen atoms in total. The molecule has 0 fully saturated rings. The number of hydrogen-bond donors (Lipinski definition) is 1. The number of fused-ring (bicyclic) bond motifs is 1. The molecule has 0 saturated carbocycles. The average molecular weight is 452 g/mol. The highest BCUT2D eigenvalue weighted by atomic mass is 32.2. The molecule has 0 aliphatic carbocycles. The summed E-state index contributed by atoms with van der Waals surface area (Å²) < 4.78 is 47.1. The van der Waals surface area contributed by atoms with Crippen LogP contribution < -0.4 is 5.32 Å². The van der Waals surface area contributed by atoms with Gasteiger partial charge in [-0.15, -0.1) is 0 Å². The summed E-state index contributed by atoms with van der Waals surface area (Å²) in [5.74, 6) is -0.638. The number of carbonyl (C=O) groups is 1. The van der Waals surface area contributed by atoms with E-state index in [0.29, 0.717) is 18.3 Å². The molecule has 166 valence electrons. The van der Waals surface area contributed by atoms with Crippen LogP contribution in [0.25, 0.3) is 11.0 Å². The van der Waals surface area contributed by atoms with Gasteiger partial charge >= 0.3 is 6.18 Å². The summed E-state index contributed by atoms with van der Waals surface area (Å²) in [4.78, 5) is 17.7. The number of carbonyl (C=O) groups excluding carboxylic acids is 1. The number of halogens is 3. The van der Waals surface area contributed by atoms with Gasteiger partial charge in [0.2, 0.25) is 5.91 Å². The highest BCUT2D eigenvalue weighted by Gasteiger charge is 2.35. The molecule has 0 spiro atoms. The fourth-order valence-electron chi connectivity index (χ4n) is 3.19. The molecule has 0 aliphatic rings. The second kappa shape index (κ2) is 9.74. The van der Waals surface area contributed by atoms with Crippen molar-refractivity contribution in [3.63, 3.8) is 0 Å². The van der Waals surface area contributed by atoms with Gasteiger partial charge in [-0.2, -0.15) is 13.2 Å². The van der Waals surface area contributed by atoms with Gasteiger partial charge in [0.25, 0.3) is 0 Å². The van der Waals surface area contributed by atoms with E-state index in [1.807, 2.05) is 42.7 Å². The first-order valence-corrected chi connectivity index (χ1v) is 10.7. The maximum absolute atomic E-state index is 13.3. The number of methoxy groups -OCH3 is 1. The van der Waals surface area contributed by atoms with E-state index in [0.717, 1.165) is 17.1 Å². The number of alkyl halides is 3. The Morgan fingerprint density at radius 1 is 1.16 bits per heavy atom. The minimum absolute atomic E-state index is 0.140. The number of thioether (sulfide) groups is 1. The van der Waals surface area contributed by atoms with Gasteiger partial charge in [0.1, 0.15) is 0 Å². The van der Waals surface area contributed by atoms with Crippen molar-refractivity contribution in [2.24, 2.45) is 5.92 Å². The van der Waals surface area contributed by atoms with E-state index in [1.165, 1.54) is 30.0 Å². The predicted octanol–water partition coefficient (Wildman–Crippen LogP) is 5.46. The van der Waals surface area contributed by atoms with Crippen LogP contribution in [0.5, 0.6) is 0 Å². The van der Waals surface area contributed by atoms with E-state index in [9.17, 15) is 18.0 Å². The van der Waals surface area contributed by atoms with Crippen molar-refractivity contribution >= 4 is 34.4 Å². The molecule has 1 aromatic heterocycles. The molecule has 0 radical (unpaired) electrons. The van der Waals surface area contributed by atoms with Crippen molar-refractivity contribution < 1.29 is 22.7 Å². The molecular weight excluding hydrogens is 427 g/mol. The first kappa shape index (κ1) is 23.1. The highest BCUT2D eigenvalue weighted by Crippen LogP contribution is 2.36. The van der Waals surface area contributed by atoms with E-state index in [4.69, 9.17) is 4.74 Å². The molecule has 0 aliphatic heterocycles. The Balaban J connectivity index is 1.90. The molecule has 0 bridgehead atoms. The monoisotopic (exact) mass is 451 g/mol. The lowest BCUT2D eigenvalue weighted by Crippen LogP contribution is -2.31. The van der Waals surface area contributed by atoms with Crippen molar-refractivity contribution in [2.45, 2.75) is 37.0 Å². The predicted molar refractivity (Wildman–Crippen MR) is 116 cm³/mol. The Morgan fingerprint density at radius 2 is 1.84 bits per heavy atom. The first-order valence-electron chi connectivity index (χ1n) is 9.80. The lowest BCUT2D eigenvalue weighted by Gasteiger charge is -2.21. The van der Waals surface area contributed by atoms with E-state index in [-0.39, 0.29) is 11.6 Å². The van der Waals surface area contributed by atoms with Crippen molar-refractivity contribution in [3.8, 4) is 0 Å². The quantitative estimate of drug-likeness (QED) is 0.462. The Kier molecular flexibility index (Phi) is 7.27. The van der Waals surface area contributed by atoms with Crippen molar-refractivity contribution in [3.05, 3.63) is 54.1 Å². The van der Waals surface area contributed by atoms with Gasteiger partial charge in [-0.05, 0) is 30.2 Å². The lowest BCUT2D eigenvalue weighted by atomic mass is 10.1. The van der Waals surface area contributed by atoms with Gasteiger partial charge in [-0.1, -0.05) is 49.9 Å². The van der Waals surface area contributed by atoms with Gasteiger partial charge in [-0.25, -0.2) is 4.98 Å². The zero-order valence-electron chi connectivity index (χ0n) is 17.4. The molecule has 0 saturated heterocycles. The van der Waals surface area contributed by atoms with Crippen LogP contribution in [0, 0.1) is 5.92 Å². The van der Waals surface area contributed by atoms with Gasteiger partial charge in [0.05, 0.1) is 34.1 Å². The molecule has 31 heavy (non-hydrogen) atoms. The molecule has 1 N–H and O–H groups in total. The fourth-order valence-corrected chi connectivity index (χ4v) is 4.32. The van der Waals surface area contributed by atoms with Crippen LogP contribution in [0.1, 0.15) is 19.4 Å². The Labute approximate surface area is 183 Å². The van der Waals surface area contributed by atoms with Crippen LogP contribution >= 0.6 is 11.8 Å². The van der Waals surface area contributed by atoms with E-state index in [1.54, 1.807) is 7.11 Å². The number of benzene rings is 2. The maximum atomic E-state index is 13.3. The number of hydrogen-bond acceptors (Lipinski definition) is 4. The molecule has 3 rings (SSSR count). The summed E-state index contributed by atoms with van der Waals surface area (Å²) in [6.45, 7) is 4.72. The number of ether oxygens (including phenoxy) is 1. The lowest BCUT2D eigenvalue weighted by molar-refractivity contribution is -0.137. The van der Waals surface area contributed by atoms with Gasteiger partial charge in [0.15, 0.2) is 5.16 Å². The summed E-state index contributed by atoms with van der Waals surface area (Å²) in [6.07, 6.45) is -4.56. The second-order valence-electron chi connectivity index (χ2n) is 7.34. The van der Waals surface area contributed by atoms with Crippen LogP contribution in [-0.4, -0.2) is 34.4 Å². The van der Waals surface area contributed by atoms with Crippen LogP contribution in [0.2, 0.25) is 0 Å². The molecule has 2 aromatic carbocycles. The molecule has 1 amide bonds. The van der Waals surface area contributed by atoms with Crippen molar-refractivity contribution in [1.82, 2.24) is 9.55 Å². The second-order valence-corrected chi connectivity index (χ2v) is 8.45. The fraction of sp³-hybridized carbons (Fsp3) is 0.364. The molecular formula is C22H24F3N3O2S. The standard InChI is InChI=1S/C22H24F3N3O2S/c1-14(2)19(20(29)26-16-9-5-4-8-15(16)22(23,24)25)31-21-27-17-10-6-7-11-18(17)28(21)12-13-30-3/h4-11,14,19H,12-13H2,1-3H3,(H,26,29). The highest BCUT2D eigenvalue weighted by molar-refractivity contribution is 8.00. The number of imidazole rings is 1. The minimum Gasteiger partial charge on any atom is -0.383 e. The number of aromatic nitrogens is 2. The minimum atomic E-state index is -4.56. The zero-order valence-corrected chi connectivity index (χ0v) is 18.3. The summed E-state index contributed by atoms with van der Waals surface area (Å²) >= 11 is 1.24. The van der Waals surface area contributed by atoms with E-state index >= 15 is 0 Å². The average Bonchev–Trinajstić information content (AvgIpc) is 3.07. The smallest absolute Gasteiger partial charge is 0.383 e. The number of nitrogens with one attached hydrogen (secondary N) is 1. The third kappa shape index (κ3) is 5.40. The maximum Gasteiger partial charge on any atom is 0.418 e. The van der Waals surface area contributed by atoms with Crippen molar-refractivity contribution in [2.75, 3.05) is 19.0 Å². The zero-order chi connectivity index (χ0) is 22.6. The summed E-state index contributed by atoms with van der Waals surface area (Å²) in [5.41, 5.74) is 0.571. The number of anilines is 1. The van der Waals surface area contributed by atoms with Crippen LogP contribution in [-0.2, 0) is 22.3 Å². The summed E-state index contributed by atoms with van der Waals surface area (Å²) in [6, 6.07) is 12.6. The molecule has 1 unspecified atom stereocenters. The molecule has 9 heteroatoms. The van der Waals surface area contributed by atoms with Crippen LogP contribution in [0.4, 0.5) is 18.9 Å². The third-order valence-electron chi connectivity index (χ3n) is 4.73. The van der Waals surface area contributed by atoms with Crippen LogP contribution in [0.15, 0.2) is 53.7 Å². The van der Waals surface area contributed by atoms with Gasteiger partial charge in [-0.3, -0.25) is 4.79 Å². The molecule has 3 aromatic rings. The normalized spacial score (nSPS) is 13.0. The van der Waals surface area contributed by atoms with E-state index < -0.39 is 22.9 Å². The Morgan fingerprint density at radius 3 is 2.52 bits per heavy atom. The van der Waals surface area contributed by atoms with E-state index in [2.05, 4.69) is 10.3 Å². The summed E-state index contributed by atoms with van der Waals surface area (Å²) in [5, 5.41) is 2.46.